The van der Waals surface area contributed by atoms with E-state index in [0.717, 1.165) is 22.4 Å². The zero-order valence-electron chi connectivity index (χ0n) is 16.1. The molecule has 2 aromatic rings. The minimum Gasteiger partial charge on any atom is -0.496 e. The van der Waals surface area contributed by atoms with Crippen LogP contribution < -0.4 is 10.1 Å². The van der Waals surface area contributed by atoms with Crippen LogP contribution in [0.3, 0.4) is 0 Å². The average molecular weight is 375 g/mol. The number of rotatable bonds is 7. The highest BCUT2D eigenvalue weighted by molar-refractivity contribution is 6.30. The molecule has 0 bridgehead atoms. The van der Waals surface area contributed by atoms with Crippen LogP contribution in [-0.4, -0.2) is 31.5 Å². The number of amides is 1. The summed E-state index contributed by atoms with van der Waals surface area (Å²) in [5, 5.41) is 3.72. The van der Waals surface area contributed by atoms with Gasteiger partial charge in [-0.05, 0) is 62.2 Å². The molecule has 0 saturated heterocycles. The Bertz CT molecular complexity index is 736. The predicted molar refractivity (Wildman–Crippen MR) is 107 cm³/mol. The summed E-state index contributed by atoms with van der Waals surface area (Å²) in [6.07, 6.45) is 0. The van der Waals surface area contributed by atoms with E-state index >= 15 is 0 Å². The number of benzene rings is 2. The van der Waals surface area contributed by atoms with Gasteiger partial charge in [0.15, 0.2) is 0 Å². The molecule has 5 heteroatoms. The van der Waals surface area contributed by atoms with Crippen LogP contribution in [-0.2, 0) is 11.3 Å². The molecule has 0 fully saturated rings. The molecule has 0 radical (unpaired) electrons. The average Bonchev–Trinajstić information content (AvgIpc) is 2.54. The van der Waals surface area contributed by atoms with Crippen LogP contribution in [0.15, 0.2) is 36.4 Å². The minimum atomic E-state index is -0.0568. The summed E-state index contributed by atoms with van der Waals surface area (Å²) in [5.74, 6) is 0.919. The summed E-state index contributed by atoms with van der Waals surface area (Å²) in [7, 11) is 3.63. The van der Waals surface area contributed by atoms with E-state index in [-0.39, 0.29) is 11.9 Å². The van der Waals surface area contributed by atoms with Gasteiger partial charge in [-0.2, -0.15) is 0 Å². The molecule has 140 valence electrons. The van der Waals surface area contributed by atoms with Crippen molar-refractivity contribution in [2.45, 2.75) is 33.4 Å². The first-order chi connectivity index (χ1) is 12.3. The van der Waals surface area contributed by atoms with Crippen molar-refractivity contribution >= 4 is 17.5 Å². The maximum atomic E-state index is 12.3. The number of hydrogen-bond acceptors (Lipinski definition) is 3. The van der Waals surface area contributed by atoms with Crippen molar-refractivity contribution in [2.75, 3.05) is 20.7 Å². The summed E-state index contributed by atoms with van der Waals surface area (Å²) >= 11 is 5.91. The van der Waals surface area contributed by atoms with Crippen molar-refractivity contribution in [3.8, 4) is 5.75 Å². The smallest absolute Gasteiger partial charge is 0.234 e. The number of ether oxygens (including phenoxy) is 1. The Kier molecular flexibility index (Phi) is 7.06. The maximum absolute atomic E-state index is 12.3. The third-order valence-corrected chi connectivity index (χ3v) is 4.59. The van der Waals surface area contributed by atoms with Crippen molar-refractivity contribution in [2.24, 2.45) is 0 Å². The number of aryl methyl sites for hydroxylation is 2. The Morgan fingerprint density at radius 3 is 2.31 bits per heavy atom. The van der Waals surface area contributed by atoms with Gasteiger partial charge in [0.1, 0.15) is 5.75 Å². The second-order valence-electron chi connectivity index (χ2n) is 6.78. The van der Waals surface area contributed by atoms with Crippen molar-refractivity contribution in [3.63, 3.8) is 0 Å². The molecule has 0 saturated carbocycles. The van der Waals surface area contributed by atoms with E-state index in [1.807, 2.05) is 57.0 Å². The summed E-state index contributed by atoms with van der Waals surface area (Å²) < 4.78 is 5.41. The van der Waals surface area contributed by atoms with E-state index in [4.69, 9.17) is 16.3 Å². The number of carbonyl (C=O) groups is 1. The quantitative estimate of drug-likeness (QED) is 0.786. The van der Waals surface area contributed by atoms with E-state index in [1.165, 1.54) is 5.56 Å². The van der Waals surface area contributed by atoms with Gasteiger partial charge in [-0.3, -0.25) is 9.69 Å². The molecule has 1 N–H and O–H groups in total. The molecule has 2 rings (SSSR count). The van der Waals surface area contributed by atoms with Crippen molar-refractivity contribution in [3.05, 3.63) is 63.7 Å². The van der Waals surface area contributed by atoms with E-state index in [2.05, 4.69) is 17.4 Å². The topological polar surface area (TPSA) is 41.6 Å². The van der Waals surface area contributed by atoms with Gasteiger partial charge in [0.2, 0.25) is 5.91 Å². The number of methoxy groups -OCH3 is 1. The minimum absolute atomic E-state index is 0.00287. The largest absolute Gasteiger partial charge is 0.496 e. The fraction of sp³-hybridized carbons (Fsp3) is 0.381. The summed E-state index contributed by atoms with van der Waals surface area (Å²) in [5.41, 5.74) is 4.42. The normalized spacial score (nSPS) is 12.1. The molecule has 1 unspecified atom stereocenters. The molecule has 0 heterocycles. The molecule has 2 aromatic carbocycles. The van der Waals surface area contributed by atoms with Crippen LogP contribution in [0.5, 0.6) is 5.75 Å². The third kappa shape index (κ3) is 5.48. The SMILES string of the molecule is COc1c(C)cc(CN(C)CC(=O)NC(C)c2ccc(Cl)cc2)cc1C. The number of halogens is 1. The van der Waals surface area contributed by atoms with Crippen LogP contribution in [0.1, 0.15) is 35.2 Å². The number of nitrogens with zero attached hydrogens (tertiary/aromatic N) is 1. The van der Waals surface area contributed by atoms with Gasteiger partial charge in [-0.15, -0.1) is 0 Å². The zero-order chi connectivity index (χ0) is 19.3. The standard InChI is InChI=1S/C21H27ClN2O2/c1-14-10-17(11-15(2)21(14)26-5)12-24(4)13-20(25)23-16(3)18-6-8-19(22)9-7-18/h6-11,16H,12-13H2,1-5H3,(H,23,25). The van der Waals surface area contributed by atoms with Crippen LogP contribution in [0.2, 0.25) is 5.02 Å². The number of nitrogens with one attached hydrogen (secondary N) is 1. The molecular formula is C21H27ClN2O2. The summed E-state index contributed by atoms with van der Waals surface area (Å²) in [4.78, 5) is 14.3. The van der Waals surface area contributed by atoms with E-state index in [1.54, 1.807) is 7.11 Å². The maximum Gasteiger partial charge on any atom is 0.234 e. The van der Waals surface area contributed by atoms with Crippen LogP contribution in [0.4, 0.5) is 0 Å². The Labute approximate surface area is 161 Å². The van der Waals surface area contributed by atoms with Gasteiger partial charge in [0.05, 0.1) is 19.7 Å². The highest BCUT2D eigenvalue weighted by Crippen LogP contribution is 2.24. The lowest BCUT2D eigenvalue weighted by molar-refractivity contribution is -0.122. The van der Waals surface area contributed by atoms with Gasteiger partial charge in [0.25, 0.3) is 0 Å². The molecule has 1 amide bonds. The summed E-state index contributed by atoms with van der Waals surface area (Å²) in [6.45, 7) is 7.08. The second-order valence-corrected chi connectivity index (χ2v) is 7.21. The highest BCUT2D eigenvalue weighted by atomic mass is 35.5. The number of likely N-dealkylation sites (N-methyl/N-ethyl adjacent to an activating group) is 1. The molecule has 0 spiro atoms. The van der Waals surface area contributed by atoms with E-state index in [0.29, 0.717) is 18.1 Å². The first-order valence-electron chi connectivity index (χ1n) is 8.67. The summed E-state index contributed by atoms with van der Waals surface area (Å²) in [6, 6.07) is 11.7. The van der Waals surface area contributed by atoms with Gasteiger partial charge >= 0.3 is 0 Å². The molecule has 4 nitrogen and oxygen atoms in total. The lowest BCUT2D eigenvalue weighted by Crippen LogP contribution is -2.36. The lowest BCUT2D eigenvalue weighted by Gasteiger charge is -2.20. The van der Waals surface area contributed by atoms with E-state index in [9.17, 15) is 4.79 Å². The molecule has 26 heavy (non-hydrogen) atoms. The Balaban J connectivity index is 1.91. The lowest BCUT2D eigenvalue weighted by atomic mass is 10.1. The molecule has 0 aliphatic carbocycles. The number of hydrogen-bond donors (Lipinski definition) is 1. The molecular weight excluding hydrogens is 348 g/mol. The Morgan fingerprint density at radius 2 is 1.77 bits per heavy atom. The first kappa shape index (κ1) is 20.3. The monoisotopic (exact) mass is 374 g/mol. The van der Waals surface area contributed by atoms with Crippen molar-refractivity contribution in [1.29, 1.82) is 0 Å². The van der Waals surface area contributed by atoms with Gasteiger partial charge in [-0.1, -0.05) is 35.9 Å². The Morgan fingerprint density at radius 1 is 1.19 bits per heavy atom. The first-order valence-corrected chi connectivity index (χ1v) is 9.05. The van der Waals surface area contributed by atoms with Crippen molar-refractivity contribution in [1.82, 2.24) is 10.2 Å². The molecule has 0 aliphatic rings. The fourth-order valence-corrected chi connectivity index (χ4v) is 3.31. The van der Waals surface area contributed by atoms with E-state index < -0.39 is 0 Å². The molecule has 1 atom stereocenters. The van der Waals surface area contributed by atoms with Gasteiger partial charge in [-0.25, -0.2) is 0 Å². The Hall–Kier alpha value is -2.04. The second kappa shape index (κ2) is 9.06. The van der Waals surface area contributed by atoms with Gasteiger partial charge < -0.3 is 10.1 Å². The molecule has 0 aromatic heterocycles. The molecule has 0 aliphatic heterocycles. The number of carbonyl (C=O) groups excluding carboxylic acids is 1. The zero-order valence-corrected chi connectivity index (χ0v) is 16.9. The highest BCUT2D eigenvalue weighted by Gasteiger charge is 2.13. The van der Waals surface area contributed by atoms with Crippen LogP contribution in [0.25, 0.3) is 0 Å². The van der Waals surface area contributed by atoms with Gasteiger partial charge in [0, 0.05) is 11.6 Å². The van der Waals surface area contributed by atoms with Crippen LogP contribution in [0, 0.1) is 13.8 Å². The predicted octanol–water partition coefficient (Wildman–Crippen LogP) is 4.27. The fourth-order valence-electron chi connectivity index (χ4n) is 3.19. The van der Waals surface area contributed by atoms with Crippen molar-refractivity contribution < 1.29 is 9.53 Å². The third-order valence-electron chi connectivity index (χ3n) is 4.34. The van der Waals surface area contributed by atoms with Crippen LogP contribution >= 0.6 is 11.6 Å².